The Morgan fingerprint density at radius 2 is 1.81 bits per heavy atom. The molecule has 1 aliphatic heterocycles. The molecule has 1 fully saturated rings. The molecule has 0 atom stereocenters. The van der Waals surface area contributed by atoms with Gasteiger partial charge in [-0.05, 0) is 51.1 Å². The average Bonchev–Trinajstić information content (AvgIpc) is 3.39. The van der Waals surface area contributed by atoms with E-state index in [2.05, 4.69) is 30.6 Å². The zero-order valence-corrected chi connectivity index (χ0v) is 19.3. The minimum absolute atomic E-state index is 0.0200. The Balaban J connectivity index is 1.32. The van der Waals surface area contributed by atoms with E-state index in [4.69, 9.17) is 0 Å². The maximum Gasteiger partial charge on any atom is 0.261 e. The van der Waals surface area contributed by atoms with E-state index >= 15 is 0 Å². The summed E-state index contributed by atoms with van der Waals surface area (Å²) >= 11 is 1.44. The van der Waals surface area contributed by atoms with E-state index in [1.54, 1.807) is 4.68 Å². The molecule has 4 heterocycles. The Bertz CT molecular complexity index is 1080. The summed E-state index contributed by atoms with van der Waals surface area (Å²) in [6.07, 6.45) is 1.63. The molecule has 3 aromatic heterocycles. The molecule has 0 bridgehead atoms. The van der Waals surface area contributed by atoms with Crippen LogP contribution in [0.2, 0.25) is 0 Å². The molecule has 10 heteroatoms. The largest absolute Gasteiger partial charge is 0.349 e. The first kappa shape index (κ1) is 22.1. The second-order valence-electron chi connectivity index (χ2n) is 8.08. The molecule has 3 aromatic rings. The van der Waals surface area contributed by atoms with Gasteiger partial charge in [0.2, 0.25) is 5.91 Å². The number of thiophene rings is 1. The Kier molecular flexibility index (Phi) is 6.61. The molecular weight excluding hydrogens is 426 g/mol. The molecule has 2 N–H and O–H groups in total. The number of anilines is 1. The maximum atomic E-state index is 12.7. The van der Waals surface area contributed by atoms with Crippen LogP contribution in [0.1, 0.15) is 39.6 Å². The van der Waals surface area contributed by atoms with Crippen LogP contribution in [0.15, 0.2) is 29.6 Å². The summed E-state index contributed by atoms with van der Waals surface area (Å²) in [5.41, 5.74) is 2.45. The first-order valence-electron chi connectivity index (χ1n) is 10.6. The van der Waals surface area contributed by atoms with Gasteiger partial charge < -0.3 is 10.6 Å². The Morgan fingerprint density at radius 1 is 1.09 bits per heavy atom. The minimum Gasteiger partial charge on any atom is -0.349 e. The average molecular weight is 454 g/mol. The van der Waals surface area contributed by atoms with Crippen LogP contribution in [0, 0.1) is 20.8 Å². The molecule has 2 amide bonds. The van der Waals surface area contributed by atoms with Gasteiger partial charge in [-0.3, -0.25) is 14.5 Å². The number of hydrogen-bond acceptors (Lipinski definition) is 7. The normalized spacial score (nSPS) is 15.0. The topological polar surface area (TPSA) is 105 Å². The second kappa shape index (κ2) is 9.58. The van der Waals surface area contributed by atoms with E-state index in [1.165, 1.54) is 11.3 Å². The van der Waals surface area contributed by atoms with Crippen molar-refractivity contribution in [1.82, 2.24) is 30.0 Å². The number of carbonyl (C=O) groups is 2. The number of carbonyl (C=O) groups excluding carboxylic acids is 2. The summed E-state index contributed by atoms with van der Waals surface area (Å²) in [5.74, 6) is 0.855. The van der Waals surface area contributed by atoms with Crippen molar-refractivity contribution < 1.29 is 9.59 Å². The molecule has 1 saturated heterocycles. The lowest BCUT2D eigenvalue weighted by Crippen LogP contribution is -2.46. The molecule has 168 valence electrons. The van der Waals surface area contributed by atoms with Crippen LogP contribution in [0.25, 0.3) is 5.95 Å². The number of aryl methyl sites for hydroxylation is 3. The van der Waals surface area contributed by atoms with Gasteiger partial charge in [-0.1, -0.05) is 6.07 Å². The van der Waals surface area contributed by atoms with Gasteiger partial charge in [-0.25, -0.2) is 9.97 Å². The third-order valence-electron chi connectivity index (χ3n) is 5.29. The van der Waals surface area contributed by atoms with Crippen molar-refractivity contribution in [2.75, 3.05) is 25.0 Å². The van der Waals surface area contributed by atoms with Crippen LogP contribution < -0.4 is 10.6 Å². The standard InChI is InChI=1S/C22H27N7O2S/c1-14-11-15(2)24-22(23-14)29-19(12-16(3)27-29)26-20(30)13-28-8-6-17(7-9-28)25-21(31)18-5-4-10-32-18/h4-5,10-12,17H,6-9,13H2,1-3H3,(H,25,31)(H,26,30). The number of likely N-dealkylation sites (tertiary alicyclic amines) is 1. The van der Waals surface area contributed by atoms with Crippen molar-refractivity contribution >= 4 is 29.0 Å². The fourth-order valence-corrected chi connectivity index (χ4v) is 4.46. The Labute approximate surface area is 190 Å². The minimum atomic E-state index is -0.114. The first-order chi connectivity index (χ1) is 15.4. The highest BCUT2D eigenvalue weighted by molar-refractivity contribution is 7.12. The van der Waals surface area contributed by atoms with Gasteiger partial charge in [0.05, 0.1) is 17.1 Å². The summed E-state index contributed by atoms with van der Waals surface area (Å²) in [5, 5.41) is 12.4. The summed E-state index contributed by atoms with van der Waals surface area (Å²) in [6, 6.07) is 7.54. The van der Waals surface area contributed by atoms with Crippen LogP contribution in [0.4, 0.5) is 5.82 Å². The lowest BCUT2D eigenvalue weighted by Gasteiger charge is -2.31. The first-order valence-corrected chi connectivity index (χ1v) is 11.5. The second-order valence-corrected chi connectivity index (χ2v) is 9.03. The zero-order chi connectivity index (χ0) is 22.7. The van der Waals surface area contributed by atoms with Crippen LogP contribution in [-0.2, 0) is 4.79 Å². The predicted molar refractivity (Wildman–Crippen MR) is 123 cm³/mol. The quantitative estimate of drug-likeness (QED) is 0.594. The number of aromatic nitrogens is 4. The highest BCUT2D eigenvalue weighted by Crippen LogP contribution is 2.17. The number of nitrogens with zero attached hydrogens (tertiary/aromatic N) is 5. The lowest BCUT2D eigenvalue weighted by molar-refractivity contribution is -0.117. The van der Waals surface area contributed by atoms with E-state index in [0.717, 1.165) is 47.9 Å². The molecule has 0 radical (unpaired) electrons. The van der Waals surface area contributed by atoms with Gasteiger partial charge in [0, 0.05) is 36.6 Å². The van der Waals surface area contributed by atoms with Crippen molar-refractivity contribution in [2.45, 2.75) is 39.7 Å². The summed E-state index contributed by atoms with van der Waals surface area (Å²) in [4.78, 5) is 36.7. The van der Waals surface area contributed by atoms with Gasteiger partial charge in [0.15, 0.2) is 0 Å². The molecule has 9 nitrogen and oxygen atoms in total. The van der Waals surface area contributed by atoms with E-state index in [1.807, 2.05) is 50.4 Å². The highest BCUT2D eigenvalue weighted by Gasteiger charge is 2.23. The Morgan fingerprint density at radius 3 is 2.47 bits per heavy atom. The number of amides is 2. The summed E-state index contributed by atoms with van der Waals surface area (Å²) in [7, 11) is 0. The maximum absolute atomic E-state index is 12.7. The number of rotatable bonds is 6. The number of nitrogens with one attached hydrogen (secondary N) is 2. The van der Waals surface area contributed by atoms with Gasteiger partial charge >= 0.3 is 0 Å². The molecule has 0 aliphatic carbocycles. The van der Waals surface area contributed by atoms with Crippen molar-refractivity contribution in [3.63, 3.8) is 0 Å². The van der Waals surface area contributed by atoms with Gasteiger partial charge in [-0.15, -0.1) is 11.3 Å². The fourth-order valence-electron chi connectivity index (χ4n) is 3.83. The zero-order valence-electron chi connectivity index (χ0n) is 18.5. The molecule has 0 spiro atoms. The molecule has 0 saturated carbocycles. The molecule has 4 rings (SSSR count). The number of hydrogen-bond donors (Lipinski definition) is 2. The van der Waals surface area contributed by atoms with Crippen LogP contribution in [0.3, 0.4) is 0 Å². The van der Waals surface area contributed by atoms with Gasteiger partial charge in [0.1, 0.15) is 5.82 Å². The highest BCUT2D eigenvalue weighted by atomic mass is 32.1. The van der Waals surface area contributed by atoms with Crippen molar-refractivity contribution in [1.29, 1.82) is 0 Å². The smallest absolute Gasteiger partial charge is 0.261 e. The van der Waals surface area contributed by atoms with E-state index in [0.29, 0.717) is 11.8 Å². The third kappa shape index (κ3) is 5.38. The fraction of sp³-hybridized carbons (Fsp3) is 0.409. The van der Waals surface area contributed by atoms with Gasteiger partial charge in [0.25, 0.3) is 11.9 Å². The van der Waals surface area contributed by atoms with Gasteiger partial charge in [-0.2, -0.15) is 9.78 Å². The van der Waals surface area contributed by atoms with E-state index in [-0.39, 0.29) is 24.4 Å². The molecule has 1 aliphatic rings. The molecular formula is C22H27N7O2S. The Hall–Kier alpha value is -3.11. The third-order valence-corrected chi connectivity index (χ3v) is 6.16. The van der Waals surface area contributed by atoms with Crippen molar-refractivity contribution in [3.8, 4) is 5.95 Å². The van der Waals surface area contributed by atoms with Crippen LogP contribution >= 0.6 is 11.3 Å². The van der Waals surface area contributed by atoms with Crippen molar-refractivity contribution in [3.05, 3.63) is 51.6 Å². The summed E-state index contributed by atoms with van der Waals surface area (Å²) in [6.45, 7) is 7.45. The SMILES string of the molecule is Cc1cc(C)nc(-n2nc(C)cc2NC(=O)CN2CCC(NC(=O)c3cccs3)CC2)n1. The lowest BCUT2D eigenvalue weighted by atomic mass is 10.0. The molecule has 0 aromatic carbocycles. The van der Waals surface area contributed by atoms with E-state index < -0.39 is 0 Å². The summed E-state index contributed by atoms with van der Waals surface area (Å²) < 4.78 is 1.57. The number of piperidine rings is 1. The molecule has 0 unspecified atom stereocenters. The van der Waals surface area contributed by atoms with Crippen LogP contribution in [0.5, 0.6) is 0 Å². The molecule has 32 heavy (non-hydrogen) atoms. The predicted octanol–water partition coefficient (Wildman–Crippen LogP) is 2.48. The van der Waals surface area contributed by atoms with E-state index in [9.17, 15) is 9.59 Å². The van der Waals surface area contributed by atoms with Crippen molar-refractivity contribution in [2.24, 2.45) is 0 Å². The monoisotopic (exact) mass is 453 g/mol. The van der Waals surface area contributed by atoms with Crippen LogP contribution in [-0.4, -0.2) is 62.1 Å².